The number of hydrogen-bond acceptors (Lipinski definition) is 4. The number of allylic oxidation sites excluding steroid dienone is 1. The van der Waals surface area contributed by atoms with Crippen molar-refractivity contribution in [1.82, 2.24) is 0 Å². The molecule has 0 saturated carbocycles. The van der Waals surface area contributed by atoms with E-state index in [9.17, 15) is 14.9 Å². The maximum Gasteiger partial charge on any atom is 0.306 e. The molecule has 0 aliphatic rings. The first-order chi connectivity index (χ1) is 8.68. The highest BCUT2D eigenvalue weighted by Crippen LogP contribution is 2.04. The van der Waals surface area contributed by atoms with Gasteiger partial charge in [0, 0.05) is 6.42 Å². The molecule has 0 saturated heterocycles. The summed E-state index contributed by atoms with van der Waals surface area (Å²) in [4.78, 5) is 20.8. The van der Waals surface area contributed by atoms with Gasteiger partial charge in [-0.1, -0.05) is 30.3 Å². The Morgan fingerprint density at radius 3 is 2.72 bits per heavy atom. The first kappa shape index (κ1) is 13.9. The fourth-order valence-corrected chi connectivity index (χ4v) is 1.34. The van der Waals surface area contributed by atoms with Gasteiger partial charge in [0.05, 0.1) is 4.92 Å². The third kappa shape index (κ3) is 6.42. The van der Waals surface area contributed by atoms with Gasteiger partial charge in [0.25, 0.3) is 0 Å². The van der Waals surface area contributed by atoms with Gasteiger partial charge in [-0.05, 0) is 24.5 Å². The summed E-state index contributed by atoms with van der Waals surface area (Å²) in [6.45, 7) is 0.268. The molecule has 0 aliphatic carbocycles. The Balaban J connectivity index is 2.13. The number of rotatable bonds is 7. The third-order valence-electron chi connectivity index (χ3n) is 2.22. The number of carbonyl (C=O) groups is 1. The Labute approximate surface area is 105 Å². The lowest BCUT2D eigenvalue weighted by atomic mass is 10.2. The predicted octanol–water partition coefficient (Wildman–Crippen LogP) is 2.69. The van der Waals surface area contributed by atoms with E-state index < -0.39 is 4.92 Å². The second-order valence-corrected chi connectivity index (χ2v) is 3.71. The van der Waals surface area contributed by atoms with E-state index in [1.165, 1.54) is 6.08 Å². The molecule has 0 N–H and O–H groups in total. The zero-order valence-electron chi connectivity index (χ0n) is 9.95. The molecule has 0 aliphatic heterocycles. The zero-order chi connectivity index (χ0) is 13.2. The number of nitro groups is 1. The van der Waals surface area contributed by atoms with E-state index >= 15 is 0 Å². The predicted molar refractivity (Wildman–Crippen MR) is 66.2 cm³/mol. The number of nitrogens with zero attached hydrogens (tertiary/aromatic N) is 1. The highest BCUT2D eigenvalue weighted by atomic mass is 16.6. The van der Waals surface area contributed by atoms with E-state index in [2.05, 4.69) is 0 Å². The SMILES string of the molecule is O=C(CCC/C=C/[N+](=O)[O-])OCc1ccccc1. The molecule has 5 heteroatoms. The van der Waals surface area contributed by atoms with Crippen molar-refractivity contribution >= 4 is 5.97 Å². The average Bonchev–Trinajstić information content (AvgIpc) is 2.37. The van der Waals surface area contributed by atoms with Gasteiger partial charge < -0.3 is 4.74 Å². The standard InChI is InChI=1S/C13H15NO4/c15-13(9-5-2-6-10-14(16)17)18-11-12-7-3-1-4-8-12/h1,3-4,6-8,10H,2,5,9,11H2/b10-6+. The zero-order valence-corrected chi connectivity index (χ0v) is 9.95. The Kier molecular flexibility index (Phi) is 6.17. The van der Waals surface area contributed by atoms with Crippen molar-refractivity contribution in [2.45, 2.75) is 25.9 Å². The van der Waals surface area contributed by atoms with Crippen LogP contribution in [0.25, 0.3) is 0 Å². The molecule has 1 aromatic carbocycles. The Morgan fingerprint density at radius 1 is 1.33 bits per heavy atom. The molecule has 1 aromatic rings. The van der Waals surface area contributed by atoms with Gasteiger partial charge in [-0.2, -0.15) is 0 Å². The lowest BCUT2D eigenvalue weighted by Crippen LogP contribution is -2.04. The number of esters is 1. The summed E-state index contributed by atoms with van der Waals surface area (Å²) in [6.07, 6.45) is 3.65. The van der Waals surface area contributed by atoms with E-state index in [1.807, 2.05) is 30.3 Å². The Bertz CT molecular complexity index is 414. The normalized spacial score (nSPS) is 10.4. The molecular formula is C13H15NO4. The minimum absolute atomic E-state index is 0.268. The fraction of sp³-hybridized carbons (Fsp3) is 0.308. The highest BCUT2D eigenvalue weighted by Gasteiger charge is 2.02. The topological polar surface area (TPSA) is 69.4 Å². The molecule has 0 heterocycles. The number of unbranched alkanes of at least 4 members (excludes halogenated alkanes) is 1. The second kappa shape index (κ2) is 8.00. The third-order valence-corrected chi connectivity index (χ3v) is 2.22. The highest BCUT2D eigenvalue weighted by molar-refractivity contribution is 5.69. The van der Waals surface area contributed by atoms with Gasteiger partial charge in [-0.15, -0.1) is 0 Å². The van der Waals surface area contributed by atoms with Crippen LogP contribution in [-0.4, -0.2) is 10.9 Å². The van der Waals surface area contributed by atoms with Crippen LogP contribution in [0, 0.1) is 10.1 Å². The van der Waals surface area contributed by atoms with Crippen molar-refractivity contribution in [3.8, 4) is 0 Å². The minimum Gasteiger partial charge on any atom is -0.461 e. The first-order valence-corrected chi connectivity index (χ1v) is 5.68. The van der Waals surface area contributed by atoms with Crippen LogP contribution in [0.5, 0.6) is 0 Å². The smallest absolute Gasteiger partial charge is 0.306 e. The lowest BCUT2D eigenvalue weighted by Gasteiger charge is -2.03. The van der Waals surface area contributed by atoms with Crippen molar-refractivity contribution in [3.05, 3.63) is 58.3 Å². The van der Waals surface area contributed by atoms with Gasteiger partial charge in [-0.3, -0.25) is 14.9 Å². The first-order valence-electron chi connectivity index (χ1n) is 5.68. The molecular weight excluding hydrogens is 234 g/mol. The Morgan fingerprint density at radius 2 is 2.06 bits per heavy atom. The van der Waals surface area contributed by atoms with E-state index in [-0.39, 0.29) is 19.0 Å². The largest absolute Gasteiger partial charge is 0.461 e. The monoisotopic (exact) mass is 249 g/mol. The van der Waals surface area contributed by atoms with Crippen LogP contribution in [0.2, 0.25) is 0 Å². The molecule has 0 fully saturated rings. The van der Waals surface area contributed by atoms with E-state index in [0.29, 0.717) is 12.8 Å². The summed E-state index contributed by atoms with van der Waals surface area (Å²) in [7, 11) is 0. The molecule has 0 atom stereocenters. The average molecular weight is 249 g/mol. The molecule has 1 rings (SSSR count). The summed E-state index contributed by atoms with van der Waals surface area (Å²) in [5.74, 6) is -0.284. The molecule has 5 nitrogen and oxygen atoms in total. The van der Waals surface area contributed by atoms with Crippen molar-refractivity contribution in [2.75, 3.05) is 0 Å². The molecule has 0 amide bonds. The maximum absolute atomic E-state index is 11.3. The van der Waals surface area contributed by atoms with Crippen molar-refractivity contribution < 1.29 is 14.5 Å². The summed E-state index contributed by atoms with van der Waals surface area (Å²) >= 11 is 0. The minimum atomic E-state index is -0.520. The molecule has 0 spiro atoms. The van der Waals surface area contributed by atoms with Crippen molar-refractivity contribution in [1.29, 1.82) is 0 Å². The maximum atomic E-state index is 11.3. The van der Waals surface area contributed by atoms with Gasteiger partial charge in [0.2, 0.25) is 6.20 Å². The van der Waals surface area contributed by atoms with Crippen LogP contribution >= 0.6 is 0 Å². The summed E-state index contributed by atoms with van der Waals surface area (Å²) in [5, 5.41) is 9.98. The quantitative estimate of drug-likeness (QED) is 0.322. The summed E-state index contributed by atoms with van der Waals surface area (Å²) in [6, 6.07) is 9.42. The van der Waals surface area contributed by atoms with Crippen molar-refractivity contribution in [3.63, 3.8) is 0 Å². The van der Waals surface area contributed by atoms with Crippen LogP contribution in [0.4, 0.5) is 0 Å². The molecule has 0 aromatic heterocycles. The summed E-state index contributed by atoms with van der Waals surface area (Å²) < 4.78 is 5.06. The van der Waals surface area contributed by atoms with E-state index in [4.69, 9.17) is 4.74 Å². The van der Waals surface area contributed by atoms with Crippen LogP contribution in [-0.2, 0) is 16.1 Å². The second-order valence-electron chi connectivity index (χ2n) is 3.71. The van der Waals surface area contributed by atoms with Crippen molar-refractivity contribution in [2.24, 2.45) is 0 Å². The van der Waals surface area contributed by atoms with Gasteiger partial charge in [-0.25, -0.2) is 0 Å². The van der Waals surface area contributed by atoms with Crippen LogP contribution in [0.3, 0.4) is 0 Å². The molecule has 96 valence electrons. The Hall–Kier alpha value is -2.17. The summed E-state index contributed by atoms with van der Waals surface area (Å²) in [5.41, 5.74) is 0.944. The van der Waals surface area contributed by atoms with Gasteiger partial charge in [0.15, 0.2) is 0 Å². The number of ether oxygens (including phenoxy) is 1. The van der Waals surface area contributed by atoms with Crippen LogP contribution < -0.4 is 0 Å². The van der Waals surface area contributed by atoms with Crippen LogP contribution in [0.1, 0.15) is 24.8 Å². The number of carbonyl (C=O) groups excluding carboxylic acids is 1. The van der Waals surface area contributed by atoms with E-state index in [0.717, 1.165) is 11.8 Å². The lowest BCUT2D eigenvalue weighted by molar-refractivity contribution is -0.402. The van der Waals surface area contributed by atoms with Gasteiger partial charge in [0.1, 0.15) is 6.61 Å². The van der Waals surface area contributed by atoms with Gasteiger partial charge >= 0.3 is 5.97 Å². The number of benzene rings is 1. The molecule has 18 heavy (non-hydrogen) atoms. The fourth-order valence-electron chi connectivity index (χ4n) is 1.34. The van der Waals surface area contributed by atoms with E-state index in [1.54, 1.807) is 0 Å². The van der Waals surface area contributed by atoms with Crippen LogP contribution in [0.15, 0.2) is 42.6 Å². The number of hydrogen-bond donors (Lipinski definition) is 0. The molecule has 0 unspecified atom stereocenters. The molecule has 0 radical (unpaired) electrons. The molecule has 0 bridgehead atoms.